The zero-order valence-corrected chi connectivity index (χ0v) is 10.3. The van der Waals surface area contributed by atoms with Gasteiger partial charge in [-0.2, -0.15) is 0 Å². The average Bonchev–Trinajstić information content (AvgIpc) is 2.78. The Morgan fingerprint density at radius 3 is 2.83 bits per heavy atom. The lowest BCUT2D eigenvalue weighted by Gasteiger charge is -2.21. The molecule has 0 saturated carbocycles. The monoisotopic (exact) mass is 247 g/mol. The van der Waals surface area contributed by atoms with Gasteiger partial charge < -0.3 is 16.4 Å². The Labute approximate surface area is 106 Å². The first-order valence-electron chi connectivity index (χ1n) is 5.93. The van der Waals surface area contributed by atoms with Gasteiger partial charge in [-0.3, -0.25) is 9.59 Å². The van der Waals surface area contributed by atoms with Crippen LogP contribution in [0.4, 0.5) is 5.69 Å². The van der Waals surface area contributed by atoms with E-state index in [0.29, 0.717) is 17.8 Å². The number of amides is 2. The van der Waals surface area contributed by atoms with Gasteiger partial charge in [-0.25, -0.2) is 0 Å². The van der Waals surface area contributed by atoms with E-state index in [0.717, 1.165) is 13.0 Å². The van der Waals surface area contributed by atoms with E-state index >= 15 is 0 Å². The number of primary amides is 1. The van der Waals surface area contributed by atoms with Crippen LogP contribution < -0.4 is 16.4 Å². The van der Waals surface area contributed by atoms with Crippen molar-refractivity contribution in [2.45, 2.75) is 13.3 Å². The van der Waals surface area contributed by atoms with Gasteiger partial charge in [0.05, 0.1) is 5.41 Å². The molecule has 4 N–H and O–H groups in total. The molecule has 1 aromatic carbocycles. The number of hydrogen-bond acceptors (Lipinski definition) is 3. The Kier molecular flexibility index (Phi) is 3.34. The summed E-state index contributed by atoms with van der Waals surface area (Å²) in [5, 5.41) is 6.01. The number of nitrogens with one attached hydrogen (secondary N) is 2. The first-order chi connectivity index (χ1) is 8.51. The highest BCUT2D eigenvalue weighted by atomic mass is 16.2. The molecule has 2 rings (SSSR count). The first-order valence-corrected chi connectivity index (χ1v) is 5.93. The average molecular weight is 247 g/mol. The van der Waals surface area contributed by atoms with E-state index in [1.165, 1.54) is 0 Å². The molecule has 96 valence electrons. The van der Waals surface area contributed by atoms with Gasteiger partial charge >= 0.3 is 0 Å². The van der Waals surface area contributed by atoms with Crippen molar-refractivity contribution in [3.8, 4) is 0 Å². The fourth-order valence-electron chi connectivity index (χ4n) is 2.04. The second-order valence-electron chi connectivity index (χ2n) is 4.89. The van der Waals surface area contributed by atoms with E-state index < -0.39 is 5.91 Å². The van der Waals surface area contributed by atoms with Crippen LogP contribution in [0.15, 0.2) is 24.3 Å². The van der Waals surface area contributed by atoms with Crippen molar-refractivity contribution in [2.75, 3.05) is 18.4 Å². The van der Waals surface area contributed by atoms with Gasteiger partial charge in [-0.15, -0.1) is 0 Å². The van der Waals surface area contributed by atoms with Crippen LogP contribution in [0, 0.1) is 5.41 Å². The highest BCUT2D eigenvalue weighted by molar-refractivity contribution is 5.98. The summed E-state index contributed by atoms with van der Waals surface area (Å²) in [5.41, 5.74) is 5.81. The largest absolute Gasteiger partial charge is 0.366 e. The van der Waals surface area contributed by atoms with Crippen LogP contribution in [0.25, 0.3) is 0 Å². The maximum Gasteiger partial charge on any atom is 0.248 e. The molecule has 1 unspecified atom stereocenters. The van der Waals surface area contributed by atoms with Gasteiger partial charge in [0.2, 0.25) is 11.8 Å². The second kappa shape index (κ2) is 4.78. The van der Waals surface area contributed by atoms with Crippen molar-refractivity contribution in [3.63, 3.8) is 0 Å². The van der Waals surface area contributed by atoms with Crippen molar-refractivity contribution in [2.24, 2.45) is 11.1 Å². The van der Waals surface area contributed by atoms with Gasteiger partial charge in [0.25, 0.3) is 0 Å². The maximum absolute atomic E-state index is 12.2. The van der Waals surface area contributed by atoms with Gasteiger partial charge in [0.15, 0.2) is 0 Å². The van der Waals surface area contributed by atoms with Crippen LogP contribution in [0.3, 0.4) is 0 Å². The molecule has 1 aliphatic rings. The molecule has 0 bridgehead atoms. The minimum atomic E-state index is -0.500. The third-order valence-electron chi connectivity index (χ3n) is 3.32. The Hall–Kier alpha value is -1.88. The smallest absolute Gasteiger partial charge is 0.248 e. The first kappa shape index (κ1) is 12.6. The van der Waals surface area contributed by atoms with E-state index in [9.17, 15) is 9.59 Å². The van der Waals surface area contributed by atoms with Gasteiger partial charge in [-0.05, 0) is 38.1 Å². The SMILES string of the molecule is CC1(C(=O)Nc2cccc(C(N)=O)c2)CCNC1. The van der Waals surface area contributed by atoms with E-state index in [2.05, 4.69) is 10.6 Å². The molecule has 1 aliphatic heterocycles. The lowest BCUT2D eigenvalue weighted by molar-refractivity contribution is -0.123. The summed E-state index contributed by atoms with van der Waals surface area (Å²) in [5.74, 6) is -0.533. The molecule has 0 aromatic heterocycles. The zero-order valence-electron chi connectivity index (χ0n) is 10.3. The molecule has 0 aliphatic carbocycles. The van der Waals surface area contributed by atoms with E-state index in [1.807, 2.05) is 6.92 Å². The van der Waals surface area contributed by atoms with Crippen LogP contribution in [0.1, 0.15) is 23.7 Å². The lowest BCUT2D eigenvalue weighted by atomic mass is 9.88. The summed E-state index contributed by atoms with van der Waals surface area (Å²) < 4.78 is 0. The van der Waals surface area contributed by atoms with Crippen LogP contribution in [-0.4, -0.2) is 24.9 Å². The van der Waals surface area contributed by atoms with Gasteiger partial charge in [-0.1, -0.05) is 6.07 Å². The minimum absolute atomic E-state index is 0.0332. The van der Waals surface area contributed by atoms with Crippen molar-refractivity contribution in [1.29, 1.82) is 0 Å². The fourth-order valence-corrected chi connectivity index (χ4v) is 2.04. The zero-order chi connectivity index (χ0) is 13.2. The third-order valence-corrected chi connectivity index (χ3v) is 3.32. The number of hydrogen-bond donors (Lipinski definition) is 3. The van der Waals surface area contributed by atoms with Crippen LogP contribution in [-0.2, 0) is 4.79 Å². The van der Waals surface area contributed by atoms with Gasteiger partial charge in [0, 0.05) is 17.8 Å². The van der Waals surface area contributed by atoms with E-state index in [-0.39, 0.29) is 11.3 Å². The summed E-state index contributed by atoms with van der Waals surface area (Å²) in [7, 11) is 0. The summed E-state index contributed by atoms with van der Waals surface area (Å²) in [4.78, 5) is 23.2. The standard InChI is InChI=1S/C13H17N3O2/c1-13(5-6-15-8-13)12(18)16-10-4-2-3-9(7-10)11(14)17/h2-4,7,15H,5-6,8H2,1H3,(H2,14,17)(H,16,18). The molecule has 5 nitrogen and oxygen atoms in total. The van der Waals surface area contributed by atoms with Crippen LogP contribution >= 0.6 is 0 Å². The maximum atomic E-state index is 12.2. The molecule has 1 atom stereocenters. The molecule has 1 saturated heterocycles. The van der Waals surface area contributed by atoms with E-state index in [1.54, 1.807) is 24.3 Å². The minimum Gasteiger partial charge on any atom is -0.366 e. The normalized spacial score (nSPS) is 22.7. The van der Waals surface area contributed by atoms with Crippen LogP contribution in [0.2, 0.25) is 0 Å². The van der Waals surface area contributed by atoms with Crippen molar-refractivity contribution in [1.82, 2.24) is 5.32 Å². The highest BCUT2D eigenvalue weighted by Crippen LogP contribution is 2.26. The number of anilines is 1. The molecule has 1 fully saturated rings. The predicted molar refractivity (Wildman–Crippen MR) is 69.2 cm³/mol. The van der Waals surface area contributed by atoms with Crippen molar-refractivity contribution in [3.05, 3.63) is 29.8 Å². The summed E-state index contributed by atoms with van der Waals surface area (Å²) in [6, 6.07) is 6.66. The number of carbonyl (C=O) groups is 2. The third kappa shape index (κ3) is 2.51. The molecule has 0 spiro atoms. The Balaban J connectivity index is 2.11. The second-order valence-corrected chi connectivity index (χ2v) is 4.89. The summed E-state index contributed by atoms with van der Waals surface area (Å²) in [6.45, 7) is 3.46. The summed E-state index contributed by atoms with van der Waals surface area (Å²) >= 11 is 0. The molecular formula is C13H17N3O2. The number of rotatable bonds is 3. The molecular weight excluding hydrogens is 230 g/mol. The van der Waals surface area contributed by atoms with Crippen molar-refractivity contribution >= 4 is 17.5 Å². The topological polar surface area (TPSA) is 84.2 Å². The van der Waals surface area contributed by atoms with Gasteiger partial charge in [0.1, 0.15) is 0 Å². The quantitative estimate of drug-likeness (QED) is 0.736. The Morgan fingerprint density at radius 1 is 1.44 bits per heavy atom. The number of carbonyl (C=O) groups excluding carboxylic acids is 2. The highest BCUT2D eigenvalue weighted by Gasteiger charge is 2.36. The fraction of sp³-hybridized carbons (Fsp3) is 0.385. The molecule has 1 heterocycles. The van der Waals surface area contributed by atoms with Crippen molar-refractivity contribution < 1.29 is 9.59 Å². The molecule has 1 aromatic rings. The molecule has 2 amide bonds. The molecule has 18 heavy (non-hydrogen) atoms. The van der Waals surface area contributed by atoms with E-state index in [4.69, 9.17) is 5.73 Å². The Bertz CT molecular complexity index is 479. The van der Waals surface area contributed by atoms with Crippen LogP contribution in [0.5, 0.6) is 0 Å². The summed E-state index contributed by atoms with van der Waals surface area (Å²) in [6.07, 6.45) is 0.814. The number of benzene rings is 1. The predicted octanol–water partition coefficient (Wildman–Crippen LogP) is 0.724. The Morgan fingerprint density at radius 2 is 2.22 bits per heavy atom. The number of nitrogens with two attached hydrogens (primary N) is 1. The molecule has 0 radical (unpaired) electrons. The molecule has 5 heteroatoms. The lowest BCUT2D eigenvalue weighted by Crippen LogP contribution is -2.35.